The predicted octanol–water partition coefficient (Wildman–Crippen LogP) is 8.69. The van der Waals surface area contributed by atoms with Gasteiger partial charge in [-0.3, -0.25) is 4.79 Å². The molecular weight excluding hydrogens is 636 g/mol. The fourth-order valence-corrected chi connectivity index (χ4v) is 2.84. The van der Waals surface area contributed by atoms with Gasteiger partial charge >= 0.3 is 53.6 Å². The Bertz CT molecular complexity index is 1150. The minimum absolute atomic E-state index is 0.121. The number of carbonyl (C=O) groups is 1. The summed E-state index contributed by atoms with van der Waals surface area (Å²) in [5.74, 6) is -75.3. The van der Waals surface area contributed by atoms with E-state index < -0.39 is 82.7 Å². The second-order valence-electron chi connectivity index (χ2n) is 8.10. The molecule has 41 heavy (non-hydrogen) atoms. The Labute approximate surface area is 213 Å². The summed E-state index contributed by atoms with van der Waals surface area (Å²) in [6.45, 7) is 0.121. The second kappa shape index (κ2) is 10.2. The maximum Gasteiger partial charge on any atom is 0.460 e. The van der Waals surface area contributed by atoms with Gasteiger partial charge in [-0.1, -0.05) is 30.3 Å². The van der Waals surface area contributed by atoms with Gasteiger partial charge in [-0.05, 0) is 12.5 Å². The molecule has 0 saturated carbocycles. The molecule has 0 fully saturated rings. The van der Waals surface area contributed by atoms with Crippen LogP contribution < -0.4 is 0 Å². The first kappa shape index (κ1) is 36.3. The molecule has 0 aliphatic heterocycles. The maximum atomic E-state index is 14.4. The van der Waals surface area contributed by atoms with Gasteiger partial charge in [0.05, 0.1) is 0 Å². The quantitative estimate of drug-likeness (QED) is 0.174. The Kier molecular flexibility index (Phi) is 9.02. The van der Waals surface area contributed by atoms with Gasteiger partial charge < -0.3 is 0 Å². The van der Waals surface area contributed by atoms with Crippen LogP contribution in [0, 0.1) is 0 Å². The zero-order valence-corrected chi connectivity index (χ0v) is 19.1. The van der Waals surface area contributed by atoms with E-state index in [0.29, 0.717) is 0 Å². The number of ketones is 1. The highest BCUT2D eigenvalue weighted by atomic mass is 19.4. The first-order valence-corrected chi connectivity index (χ1v) is 9.85. The number of rotatable bonds is 11. The summed E-state index contributed by atoms with van der Waals surface area (Å²) in [5.41, 5.74) is -2.63. The molecule has 0 radical (unpaired) electrons. The van der Waals surface area contributed by atoms with Gasteiger partial charge in [0.2, 0.25) is 0 Å². The normalized spacial score (nSPS) is 16.0. The molecule has 236 valence electrons. The van der Waals surface area contributed by atoms with E-state index in [0.717, 1.165) is 24.3 Å². The predicted molar refractivity (Wildman–Crippen MR) is 94.6 cm³/mol. The summed E-state index contributed by atoms with van der Waals surface area (Å²) >= 11 is 0. The van der Waals surface area contributed by atoms with Crippen molar-refractivity contribution in [2.24, 2.45) is 0 Å². The van der Waals surface area contributed by atoms with Crippen LogP contribution in [0.15, 0.2) is 41.7 Å². The monoisotopic (exact) mass is 646 g/mol. The van der Waals surface area contributed by atoms with Crippen LogP contribution in [0.4, 0.5) is 87.8 Å². The fourth-order valence-electron chi connectivity index (χ4n) is 2.84. The van der Waals surface area contributed by atoms with Crippen LogP contribution in [-0.2, 0) is 11.2 Å². The van der Waals surface area contributed by atoms with Crippen molar-refractivity contribution in [2.45, 2.75) is 66.9 Å². The van der Waals surface area contributed by atoms with Gasteiger partial charge in [0, 0.05) is 12.0 Å². The first-order chi connectivity index (χ1) is 17.8. The summed E-state index contributed by atoms with van der Waals surface area (Å²) in [7, 11) is 0. The zero-order chi connectivity index (χ0) is 33.1. The Morgan fingerprint density at radius 2 is 0.854 bits per heavy atom. The number of hydrogen-bond acceptors (Lipinski definition) is 1. The molecule has 1 aromatic rings. The van der Waals surface area contributed by atoms with Crippen LogP contribution >= 0.6 is 0 Å². The van der Waals surface area contributed by atoms with E-state index in [4.69, 9.17) is 0 Å². The summed E-state index contributed by atoms with van der Waals surface area (Å²) in [6, 6.07) is 5.04. The van der Waals surface area contributed by atoms with E-state index in [9.17, 15) is 92.6 Å². The standard InChI is InChI=1S/C20H10F20O/c1-8(41)10(7-9-5-3-2-4-6-9)11(21)12(22,23)13(24,25)14(26,27)15(28,29)16(30,31)17(32,33)18(34,35)19(36,37)20(38,39)40/h2-6H,7H2,1H3/b11-10+. The molecule has 1 aromatic carbocycles. The van der Waals surface area contributed by atoms with E-state index in [1.807, 2.05) is 0 Å². The lowest BCUT2D eigenvalue weighted by Crippen LogP contribution is -2.75. The van der Waals surface area contributed by atoms with Gasteiger partial charge in [-0.2, -0.15) is 83.4 Å². The smallest absolute Gasteiger partial charge is 0.295 e. The molecule has 0 aromatic heterocycles. The molecule has 0 amide bonds. The summed E-state index contributed by atoms with van der Waals surface area (Å²) in [5, 5.41) is 0. The minimum Gasteiger partial charge on any atom is -0.295 e. The minimum atomic E-state index is -9.12. The average Bonchev–Trinajstić information content (AvgIpc) is 2.80. The van der Waals surface area contributed by atoms with Gasteiger partial charge in [0.15, 0.2) is 11.6 Å². The lowest BCUT2D eigenvalue weighted by atomic mass is 9.86. The van der Waals surface area contributed by atoms with Crippen molar-refractivity contribution in [1.82, 2.24) is 0 Å². The van der Waals surface area contributed by atoms with Crippen LogP contribution in [0.5, 0.6) is 0 Å². The number of halogens is 20. The van der Waals surface area contributed by atoms with E-state index in [1.54, 1.807) is 0 Å². The number of benzene rings is 1. The molecule has 21 heteroatoms. The molecule has 0 spiro atoms. The number of Topliss-reactive ketones (excluding diaryl/α,β-unsaturated/α-hetero) is 1. The van der Waals surface area contributed by atoms with E-state index in [1.165, 1.54) is 6.07 Å². The van der Waals surface area contributed by atoms with Crippen molar-refractivity contribution in [3.05, 3.63) is 47.3 Å². The Hall–Kier alpha value is -2.77. The van der Waals surface area contributed by atoms with Crippen molar-refractivity contribution in [3.8, 4) is 0 Å². The lowest BCUT2D eigenvalue weighted by molar-refractivity contribution is -0.467. The van der Waals surface area contributed by atoms with Crippen LogP contribution in [-0.4, -0.2) is 59.3 Å². The third-order valence-corrected chi connectivity index (χ3v) is 5.31. The van der Waals surface area contributed by atoms with Crippen LogP contribution in [0.2, 0.25) is 0 Å². The molecule has 0 unspecified atom stereocenters. The summed E-state index contributed by atoms with van der Waals surface area (Å²) in [4.78, 5) is 11.5. The SMILES string of the molecule is CC(=O)/C(Cc1ccccc1)=C(/F)C(F)(F)C(F)(F)C(F)(F)C(F)(F)C(F)(F)C(F)(F)C(F)(F)C(F)(F)C(F)(F)F. The van der Waals surface area contributed by atoms with Gasteiger partial charge in [-0.15, -0.1) is 0 Å². The zero-order valence-electron chi connectivity index (χ0n) is 19.1. The number of hydrogen-bond donors (Lipinski definition) is 0. The molecule has 0 aliphatic rings. The van der Waals surface area contributed by atoms with Crippen molar-refractivity contribution in [3.63, 3.8) is 0 Å². The third-order valence-electron chi connectivity index (χ3n) is 5.31. The molecule has 1 nitrogen and oxygen atoms in total. The second-order valence-corrected chi connectivity index (χ2v) is 8.10. The largest absolute Gasteiger partial charge is 0.460 e. The Morgan fingerprint density at radius 3 is 1.17 bits per heavy atom. The molecule has 0 atom stereocenters. The van der Waals surface area contributed by atoms with Crippen molar-refractivity contribution < 1.29 is 92.6 Å². The number of carbonyl (C=O) groups excluding carboxylic acids is 1. The van der Waals surface area contributed by atoms with E-state index >= 15 is 0 Å². The molecular formula is C20H10F20O. The third kappa shape index (κ3) is 5.10. The van der Waals surface area contributed by atoms with E-state index in [2.05, 4.69) is 0 Å². The Morgan fingerprint density at radius 1 is 0.537 bits per heavy atom. The topological polar surface area (TPSA) is 17.1 Å². The lowest BCUT2D eigenvalue weighted by Gasteiger charge is -2.43. The van der Waals surface area contributed by atoms with Gasteiger partial charge in [0.25, 0.3) is 0 Å². The van der Waals surface area contributed by atoms with Crippen molar-refractivity contribution in [1.29, 1.82) is 0 Å². The number of allylic oxidation sites excluding steroid dienone is 2. The summed E-state index contributed by atoms with van der Waals surface area (Å²) < 4.78 is 269. The van der Waals surface area contributed by atoms with Gasteiger partial charge in [0.1, 0.15) is 0 Å². The summed E-state index contributed by atoms with van der Waals surface area (Å²) in [6.07, 6.45) is -9.48. The highest BCUT2D eigenvalue weighted by Gasteiger charge is 2.97. The highest BCUT2D eigenvalue weighted by molar-refractivity contribution is 5.94. The molecule has 0 aliphatic carbocycles. The fraction of sp³-hybridized carbons (Fsp3) is 0.550. The number of alkyl halides is 19. The molecule has 0 heterocycles. The van der Waals surface area contributed by atoms with Crippen molar-refractivity contribution in [2.75, 3.05) is 0 Å². The van der Waals surface area contributed by atoms with Crippen molar-refractivity contribution >= 4 is 5.78 Å². The average molecular weight is 646 g/mol. The van der Waals surface area contributed by atoms with E-state index in [-0.39, 0.29) is 6.92 Å². The molecule has 0 N–H and O–H groups in total. The van der Waals surface area contributed by atoms with Crippen LogP contribution in [0.25, 0.3) is 0 Å². The van der Waals surface area contributed by atoms with Gasteiger partial charge in [-0.25, -0.2) is 4.39 Å². The van der Waals surface area contributed by atoms with Crippen LogP contribution in [0.1, 0.15) is 12.5 Å². The molecule has 1 rings (SSSR count). The molecule has 0 bridgehead atoms. The van der Waals surface area contributed by atoms with Crippen LogP contribution in [0.3, 0.4) is 0 Å². The highest BCUT2D eigenvalue weighted by Crippen LogP contribution is 2.65. The first-order valence-electron chi connectivity index (χ1n) is 9.85. The maximum absolute atomic E-state index is 14.4. The molecule has 0 saturated heterocycles. The Balaban J connectivity index is 3.85.